The standard InChI is InChI=1S/C18H20O4/c1-10(2)8-14-17(20)15(18(21)22-14)16(19)13-9-12(13)11-6-4-3-5-7-11/h3-7,10,12-15H,8-9H2,1-2H3/t12-,13+,14?,15?/m0/s1. The SMILES string of the molecule is CC(C)CC1OC(=O)C(C(=O)[C@@H]2C[C@H]2c2ccccc2)C1=O. The molecule has 0 bridgehead atoms. The number of hydrogen-bond acceptors (Lipinski definition) is 4. The van der Waals surface area contributed by atoms with Crippen LogP contribution in [0.2, 0.25) is 0 Å². The fraction of sp³-hybridized carbons (Fsp3) is 0.500. The van der Waals surface area contributed by atoms with Crippen LogP contribution in [0.5, 0.6) is 0 Å². The van der Waals surface area contributed by atoms with E-state index < -0.39 is 18.0 Å². The first-order valence-corrected chi connectivity index (χ1v) is 7.82. The van der Waals surface area contributed by atoms with Gasteiger partial charge in [-0.1, -0.05) is 44.2 Å². The zero-order valence-electron chi connectivity index (χ0n) is 12.8. The zero-order valence-corrected chi connectivity index (χ0v) is 12.8. The van der Waals surface area contributed by atoms with Crippen LogP contribution < -0.4 is 0 Å². The van der Waals surface area contributed by atoms with Crippen molar-refractivity contribution in [2.45, 2.75) is 38.7 Å². The second-order valence-electron chi connectivity index (χ2n) is 6.65. The number of benzene rings is 1. The fourth-order valence-electron chi connectivity index (χ4n) is 3.21. The van der Waals surface area contributed by atoms with Crippen molar-refractivity contribution >= 4 is 17.5 Å². The van der Waals surface area contributed by atoms with E-state index in [1.165, 1.54) is 0 Å². The Morgan fingerprint density at radius 3 is 2.55 bits per heavy atom. The summed E-state index contributed by atoms with van der Waals surface area (Å²) in [5, 5.41) is 0. The number of esters is 1. The average Bonchev–Trinajstić information content (AvgIpc) is 3.22. The largest absolute Gasteiger partial charge is 0.453 e. The van der Waals surface area contributed by atoms with Crippen molar-refractivity contribution in [1.82, 2.24) is 0 Å². The summed E-state index contributed by atoms with van der Waals surface area (Å²) in [6, 6.07) is 9.76. The van der Waals surface area contributed by atoms with Crippen molar-refractivity contribution < 1.29 is 19.1 Å². The van der Waals surface area contributed by atoms with Gasteiger partial charge in [-0.25, -0.2) is 0 Å². The van der Waals surface area contributed by atoms with Gasteiger partial charge in [-0.15, -0.1) is 0 Å². The van der Waals surface area contributed by atoms with Gasteiger partial charge in [-0.3, -0.25) is 14.4 Å². The zero-order chi connectivity index (χ0) is 15.9. The van der Waals surface area contributed by atoms with Crippen molar-refractivity contribution in [3.8, 4) is 0 Å². The van der Waals surface area contributed by atoms with Crippen LogP contribution in [-0.4, -0.2) is 23.6 Å². The molecule has 22 heavy (non-hydrogen) atoms. The molecule has 0 radical (unpaired) electrons. The minimum atomic E-state index is -1.19. The summed E-state index contributed by atoms with van der Waals surface area (Å²) in [6.07, 6.45) is 0.464. The summed E-state index contributed by atoms with van der Waals surface area (Å²) in [4.78, 5) is 36.8. The van der Waals surface area contributed by atoms with Gasteiger partial charge in [0, 0.05) is 5.92 Å². The topological polar surface area (TPSA) is 60.4 Å². The van der Waals surface area contributed by atoms with Gasteiger partial charge in [-0.2, -0.15) is 0 Å². The number of Topliss-reactive ketones (excluding diaryl/α,β-unsaturated/α-hetero) is 2. The molecule has 1 saturated carbocycles. The molecule has 3 rings (SSSR count). The number of rotatable bonds is 5. The van der Waals surface area contributed by atoms with Crippen LogP contribution in [0.3, 0.4) is 0 Å². The molecular formula is C18H20O4. The summed E-state index contributed by atoms with van der Waals surface area (Å²) >= 11 is 0. The summed E-state index contributed by atoms with van der Waals surface area (Å²) in [5.74, 6) is -2.28. The first kappa shape index (κ1) is 14.9. The Morgan fingerprint density at radius 1 is 1.23 bits per heavy atom. The van der Waals surface area contributed by atoms with Gasteiger partial charge in [0.2, 0.25) is 0 Å². The molecule has 0 spiro atoms. The lowest BCUT2D eigenvalue weighted by molar-refractivity contribution is -0.147. The second kappa shape index (κ2) is 5.67. The molecule has 0 amide bonds. The molecular weight excluding hydrogens is 280 g/mol. The van der Waals surface area contributed by atoms with Crippen LogP contribution in [0.15, 0.2) is 30.3 Å². The summed E-state index contributed by atoms with van der Waals surface area (Å²) in [5.41, 5.74) is 1.10. The second-order valence-corrected chi connectivity index (χ2v) is 6.65. The number of cyclic esters (lactones) is 1. The molecule has 0 N–H and O–H groups in total. The number of hydrogen-bond donors (Lipinski definition) is 0. The van der Waals surface area contributed by atoms with Crippen LogP contribution in [0.25, 0.3) is 0 Å². The maximum absolute atomic E-state index is 12.5. The Labute approximate surface area is 129 Å². The van der Waals surface area contributed by atoms with Crippen molar-refractivity contribution in [1.29, 1.82) is 0 Å². The summed E-state index contributed by atoms with van der Waals surface area (Å²) in [6.45, 7) is 3.92. The van der Waals surface area contributed by atoms with E-state index >= 15 is 0 Å². The van der Waals surface area contributed by atoms with Gasteiger partial charge in [-0.05, 0) is 30.2 Å². The van der Waals surface area contributed by atoms with Gasteiger partial charge in [0.05, 0.1) is 0 Å². The molecule has 4 atom stereocenters. The molecule has 1 aliphatic carbocycles. The molecule has 1 saturated heterocycles. The molecule has 1 aromatic carbocycles. The van der Waals surface area contributed by atoms with Crippen LogP contribution in [0, 0.1) is 17.8 Å². The number of ketones is 2. The number of carbonyl (C=O) groups is 3. The molecule has 116 valence electrons. The highest BCUT2D eigenvalue weighted by Gasteiger charge is 2.54. The lowest BCUT2D eigenvalue weighted by atomic mass is 9.91. The van der Waals surface area contributed by atoms with E-state index in [1.807, 2.05) is 44.2 Å². The number of ether oxygens (including phenoxy) is 1. The van der Waals surface area contributed by atoms with Crippen molar-refractivity contribution in [2.24, 2.45) is 17.8 Å². The third-order valence-corrected chi connectivity index (χ3v) is 4.45. The molecule has 4 heteroatoms. The highest BCUT2D eigenvalue weighted by Crippen LogP contribution is 2.49. The normalized spacial score (nSPS) is 30.5. The molecule has 0 aromatic heterocycles. The predicted molar refractivity (Wildman–Crippen MR) is 80.1 cm³/mol. The van der Waals surface area contributed by atoms with Crippen molar-refractivity contribution in [3.63, 3.8) is 0 Å². The maximum Gasteiger partial charge on any atom is 0.325 e. The highest BCUT2D eigenvalue weighted by atomic mass is 16.6. The van der Waals surface area contributed by atoms with E-state index in [1.54, 1.807) is 0 Å². The van der Waals surface area contributed by atoms with E-state index in [0.29, 0.717) is 6.42 Å². The fourth-order valence-corrected chi connectivity index (χ4v) is 3.21. The molecule has 1 aromatic rings. The van der Waals surface area contributed by atoms with E-state index in [9.17, 15) is 14.4 Å². The van der Waals surface area contributed by atoms with Gasteiger partial charge in [0.1, 0.15) is 0 Å². The van der Waals surface area contributed by atoms with Crippen molar-refractivity contribution in [2.75, 3.05) is 0 Å². The summed E-state index contributed by atoms with van der Waals surface area (Å²) in [7, 11) is 0. The highest BCUT2D eigenvalue weighted by molar-refractivity contribution is 6.22. The van der Waals surface area contributed by atoms with E-state index in [0.717, 1.165) is 12.0 Å². The lowest BCUT2D eigenvalue weighted by Crippen LogP contribution is -2.30. The quantitative estimate of drug-likeness (QED) is 0.619. The monoisotopic (exact) mass is 300 g/mol. The van der Waals surface area contributed by atoms with Gasteiger partial charge >= 0.3 is 5.97 Å². The molecule has 2 aliphatic rings. The van der Waals surface area contributed by atoms with Gasteiger partial charge in [0.15, 0.2) is 23.6 Å². The lowest BCUT2D eigenvalue weighted by Gasteiger charge is -2.09. The Morgan fingerprint density at radius 2 is 1.91 bits per heavy atom. The first-order chi connectivity index (χ1) is 10.5. The molecule has 1 aliphatic heterocycles. The third kappa shape index (κ3) is 2.70. The van der Waals surface area contributed by atoms with E-state index in [-0.39, 0.29) is 29.3 Å². The molecule has 2 unspecified atom stereocenters. The third-order valence-electron chi connectivity index (χ3n) is 4.45. The Balaban J connectivity index is 1.69. The summed E-state index contributed by atoms with van der Waals surface area (Å²) < 4.78 is 5.13. The molecule has 4 nitrogen and oxygen atoms in total. The van der Waals surface area contributed by atoms with Gasteiger partial charge in [0.25, 0.3) is 0 Å². The van der Waals surface area contributed by atoms with Crippen molar-refractivity contribution in [3.05, 3.63) is 35.9 Å². The smallest absolute Gasteiger partial charge is 0.325 e. The minimum Gasteiger partial charge on any atom is -0.453 e. The van der Waals surface area contributed by atoms with E-state index in [2.05, 4.69) is 0 Å². The Kier molecular flexibility index (Phi) is 3.85. The Hall–Kier alpha value is -1.97. The van der Waals surface area contributed by atoms with E-state index in [4.69, 9.17) is 4.74 Å². The average molecular weight is 300 g/mol. The molecule has 1 heterocycles. The first-order valence-electron chi connectivity index (χ1n) is 7.82. The van der Waals surface area contributed by atoms with Crippen LogP contribution in [0.1, 0.15) is 38.2 Å². The Bertz CT molecular complexity index is 605. The van der Waals surface area contributed by atoms with Crippen LogP contribution in [-0.2, 0) is 19.1 Å². The molecule has 2 fully saturated rings. The predicted octanol–water partition coefficient (Wildman–Crippen LogP) is 2.52. The number of carbonyl (C=O) groups excluding carboxylic acids is 3. The van der Waals surface area contributed by atoms with Gasteiger partial charge < -0.3 is 4.74 Å². The van der Waals surface area contributed by atoms with Crippen LogP contribution in [0.4, 0.5) is 0 Å². The van der Waals surface area contributed by atoms with Crippen LogP contribution >= 0.6 is 0 Å². The minimum absolute atomic E-state index is 0.137. The maximum atomic E-state index is 12.5.